The first-order chi connectivity index (χ1) is 12.8. The van der Waals surface area contributed by atoms with Crippen LogP contribution in [0.15, 0.2) is 23.1 Å². The smallest absolute Gasteiger partial charge is 0.243 e. The first-order valence-electron chi connectivity index (χ1n) is 9.89. The maximum atomic E-state index is 13.3. The summed E-state index contributed by atoms with van der Waals surface area (Å²) < 4.78 is 34.4. The number of nitrogens with one attached hydrogen (secondary N) is 1. The van der Waals surface area contributed by atoms with Gasteiger partial charge in [0.05, 0.1) is 17.1 Å². The number of ether oxygens (including phenoxy) is 1. The third-order valence-electron chi connectivity index (χ3n) is 5.39. The van der Waals surface area contributed by atoms with Crippen molar-refractivity contribution in [1.29, 1.82) is 0 Å². The fourth-order valence-corrected chi connectivity index (χ4v) is 5.20. The molecule has 7 heteroatoms. The highest BCUT2D eigenvalue weighted by atomic mass is 32.2. The minimum absolute atomic E-state index is 0.0233. The van der Waals surface area contributed by atoms with E-state index < -0.39 is 10.0 Å². The lowest BCUT2D eigenvalue weighted by Gasteiger charge is -2.39. The molecule has 1 aromatic rings. The summed E-state index contributed by atoms with van der Waals surface area (Å²) in [6.45, 7) is 7.05. The number of carbonyl (C=O) groups is 1. The van der Waals surface area contributed by atoms with Gasteiger partial charge < -0.3 is 10.1 Å². The van der Waals surface area contributed by atoms with Crippen molar-refractivity contribution in [2.24, 2.45) is 5.92 Å². The fourth-order valence-electron chi connectivity index (χ4n) is 3.66. The van der Waals surface area contributed by atoms with Crippen molar-refractivity contribution >= 4 is 21.6 Å². The topological polar surface area (TPSA) is 75.7 Å². The molecule has 0 radical (unpaired) electrons. The highest BCUT2D eigenvalue weighted by Crippen LogP contribution is 2.30. The number of hydrogen-bond acceptors (Lipinski definition) is 4. The van der Waals surface area contributed by atoms with Crippen LogP contribution in [-0.4, -0.2) is 43.9 Å². The standard InChI is InChI=1S/C20H30N2O4S/c1-4-5-6-16-12-22(13-19(26-16)14(2)3)27(24,25)17-8-9-18-15(11-17)7-10-20(23)21-18/h8-9,11,14,16,19H,4-7,10,12-13H2,1-3H3,(H,21,23)/t16-,19-/m1/s1. The number of fused-ring (bicyclic) bond motifs is 1. The molecular formula is C20H30N2O4S. The Hall–Kier alpha value is -1.44. The Morgan fingerprint density at radius 2 is 2.04 bits per heavy atom. The van der Waals surface area contributed by atoms with Crippen LogP contribution in [0.4, 0.5) is 5.69 Å². The van der Waals surface area contributed by atoms with Gasteiger partial charge in [-0.2, -0.15) is 4.31 Å². The Morgan fingerprint density at radius 1 is 1.26 bits per heavy atom. The van der Waals surface area contributed by atoms with E-state index in [1.807, 2.05) is 0 Å². The molecule has 27 heavy (non-hydrogen) atoms. The monoisotopic (exact) mass is 394 g/mol. The van der Waals surface area contributed by atoms with Gasteiger partial charge in [-0.1, -0.05) is 33.6 Å². The molecule has 2 atom stereocenters. The zero-order valence-corrected chi connectivity index (χ0v) is 17.2. The summed E-state index contributed by atoms with van der Waals surface area (Å²) in [7, 11) is -3.59. The molecule has 0 aliphatic carbocycles. The van der Waals surface area contributed by atoms with Crippen LogP contribution in [0.25, 0.3) is 0 Å². The van der Waals surface area contributed by atoms with Gasteiger partial charge in [0.1, 0.15) is 0 Å². The van der Waals surface area contributed by atoms with E-state index in [4.69, 9.17) is 4.74 Å². The quantitative estimate of drug-likeness (QED) is 0.804. The second-order valence-electron chi connectivity index (χ2n) is 7.87. The molecule has 2 aliphatic heterocycles. The Morgan fingerprint density at radius 3 is 2.74 bits per heavy atom. The molecule has 2 heterocycles. The fraction of sp³-hybridized carbons (Fsp3) is 0.650. The predicted molar refractivity (Wildman–Crippen MR) is 105 cm³/mol. The predicted octanol–water partition coefficient (Wildman–Crippen LogP) is 3.18. The molecule has 0 unspecified atom stereocenters. The molecule has 1 N–H and O–H groups in total. The van der Waals surface area contributed by atoms with E-state index in [9.17, 15) is 13.2 Å². The number of morpholine rings is 1. The van der Waals surface area contributed by atoms with Gasteiger partial charge in [0, 0.05) is 25.2 Å². The third-order valence-corrected chi connectivity index (χ3v) is 7.22. The normalized spacial score (nSPS) is 23.9. The molecule has 0 saturated carbocycles. The van der Waals surface area contributed by atoms with Crippen LogP contribution in [-0.2, 0) is 26.0 Å². The average molecular weight is 395 g/mol. The molecule has 6 nitrogen and oxygen atoms in total. The molecule has 0 aromatic heterocycles. The third kappa shape index (κ3) is 4.52. The van der Waals surface area contributed by atoms with Crippen LogP contribution in [0.3, 0.4) is 0 Å². The van der Waals surface area contributed by atoms with Gasteiger partial charge in [-0.15, -0.1) is 0 Å². The molecule has 3 rings (SSSR count). The summed E-state index contributed by atoms with van der Waals surface area (Å²) in [5.41, 5.74) is 1.60. The van der Waals surface area contributed by atoms with E-state index in [-0.39, 0.29) is 24.0 Å². The van der Waals surface area contributed by atoms with Crippen LogP contribution in [0.2, 0.25) is 0 Å². The highest BCUT2D eigenvalue weighted by molar-refractivity contribution is 7.89. The first kappa shape index (κ1) is 20.3. The average Bonchev–Trinajstić information content (AvgIpc) is 2.65. The van der Waals surface area contributed by atoms with Crippen LogP contribution < -0.4 is 5.32 Å². The van der Waals surface area contributed by atoms with Crippen molar-refractivity contribution in [3.8, 4) is 0 Å². The van der Waals surface area contributed by atoms with Gasteiger partial charge in [0.2, 0.25) is 15.9 Å². The summed E-state index contributed by atoms with van der Waals surface area (Å²) in [6, 6.07) is 5.01. The lowest BCUT2D eigenvalue weighted by molar-refractivity contribution is -0.116. The van der Waals surface area contributed by atoms with Crippen LogP contribution in [0.1, 0.15) is 52.0 Å². The zero-order valence-electron chi connectivity index (χ0n) is 16.4. The number of rotatable bonds is 6. The number of carbonyl (C=O) groups excluding carboxylic acids is 1. The number of aryl methyl sites for hydroxylation is 1. The second-order valence-corrected chi connectivity index (χ2v) is 9.81. The van der Waals surface area contributed by atoms with E-state index in [1.165, 1.54) is 0 Å². The SMILES string of the molecule is CCCC[C@@H]1CN(S(=O)(=O)c2ccc3c(c2)CCC(=O)N3)C[C@H](C(C)C)O1. The van der Waals surface area contributed by atoms with Crippen molar-refractivity contribution in [3.63, 3.8) is 0 Å². The highest BCUT2D eigenvalue weighted by Gasteiger charge is 2.36. The van der Waals surface area contributed by atoms with Gasteiger partial charge in [0.15, 0.2) is 0 Å². The van der Waals surface area contributed by atoms with Crippen LogP contribution >= 0.6 is 0 Å². The molecule has 0 spiro atoms. The maximum Gasteiger partial charge on any atom is 0.243 e. The number of sulfonamides is 1. The number of unbranched alkanes of at least 4 members (excludes halogenated alkanes) is 1. The van der Waals surface area contributed by atoms with Crippen molar-refractivity contribution in [3.05, 3.63) is 23.8 Å². The van der Waals surface area contributed by atoms with E-state index in [2.05, 4.69) is 26.1 Å². The van der Waals surface area contributed by atoms with E-state index in [1.54, 1.807) is 22.5 Å². The molecule has 1 fully saturated rings. The lowest BCUT2D eigenvalue weighted by Crippen LogP contribution is -2.51. The van der Waals surface area contributed by atoms with E-state index in [0.29, 0.717) is 36.5 Å². The number of hydrogen-bond donors (Lipinski definition) is 1. The Balaban J connectivity index is 1.85. The number of nitrogens with zero attached hydrogens (tertiary/aromatic N) is 1. The summed E-state index contributed by atoms with van der Waals surface area (Å²) in [5, 5.41) is 2.80. The molecule has 0 bridgehead atoms. The van der Waals surface area contributed by atoms with Crippen molar-refractivity contribution < 1.29 is 17.9 Å². The summed E-state index contributed by atoms with van der Waals surface area (Å²) in [5.74, 6) is 0.232. The van der Waals surface area contributed by atoms with Gasteiger partial charge in [-0.25, -0.2) is 8.42 Å². The molecule has 1 amide bonds. The maximum absolute atomic E-state index is 13.3. The first-order valence-corrected chi connectivity index (χ1v) is 11.3. The van der Waals surface area contributed by atoms with Gasteiger partial charge in [-0.05, 0) is 42.5 Å². The minimum Gasteiger partial charge on any atom is -0.372 e. The largest absolute Gasteiger partial charge is 0.372 e. The molecule has 1 aromatic carbocycles. The van der Waals surface area contributed by atoms with Crippen LogP contribution in [0.5, 0.6) is 0 Å². The summed E-state index contributed by atoms with van der Waals surface area (Å²) in [4.78, 5) is 11.8. The van der Waals surface area contributed by atoms with Crippen molar-refractivity contribution in [2.45, 2.75) is 70.0 Å². The van der Waals surface area contributed by atoms with Crippen LogP contribution in [0, 0.1) is 5.92 Å². The zero-order chi connectivity index (χ0) is 19.6. The van der Waals surface area contributed by atoms with E-state index >= 15 is 0 Å². The molecule has 1 saturated heterocycles. The molecular weight excluding hydrogens is 364 g/mol. The molecule has 2 aliphatic rings. The Bertz CT molecular complexity index is 791. The minimum atomic E-state index is -3.59. The lowest BCUT2D eigenvalue weighted by atomic mass is 10.0. The second kappa shape index (κ2) is 8.29. The van der Waals surface area contributed by atoms with E-state index in [0.717, 1.165) is 24.8 Å². The Kier molecular flexibility index (Phi) is 6.23. The summed E-state index contributed by atoms with van der Waals surface area (Å²) in [6.07, 6.45) is 3.79. The summed E-state index contributed by atoms with van der Waals surface area (Å²) >= 11 is 0. The van der Waals surface area contributed by atoms with Gasteiger partial charge in [-0.3, -0.25) is 4.79 Å². The Labute approximate surface area is 162 Å². The van der Waals surface area contributed by atoms with Crippen molar-refractivity contribution in [2.75, 3.05) is 18.4 Å². The van der Waals surface area contributed by atoms with Gasteiger partial charge >= 0.3 is 0 Å². The number of anilines is 1. The number of benzene rings is 1. The van der Waals surface area contributed by atoms with Crippen molar-refractivity contribution in [1.82, 2.24) is 4.31 Å². The number of amides is 1. The molecule has 150 valence electrons. The van der Waals surface area contributed by atoms with Gasteiger partial charge in [0.25, 0.3) is 0 Å².